The van der Waals surface area contributed by atoms with Crippen molar-refractivity contribution in [1.82, 2.24) is 9.97 Å². The van der Waals surface area contributed by atoms with Gasteiger partial charge in [0.2, 0.25) is 0 Å². The largest absolute Gasteiger partial charge is 0.394 e. The molecule has 1 heterocycles. The van der Waals surface area contributed by atoms with E-state index in [2.05, 4.69) is 14.9 Å². The second-order valence-electron chi connectivity index (χ2n) is 5.71. The number of hydrogen-bond acceptors (Lipinski definition) is 4. The molecule has 1 aliphatic rings. The lowest BCUT2D eigenvalue weighted by atomic mass is 10.0. The van der Waals surface area contributed by atoms with Gasteiger partial charge in [-0.2, -0.15) is 0 Å². The van der Waals surface area contributed by atoms with Crippen LogP contribution in [0.2, 0.25) is 0 Å². The van der Waals surface area contributed by atoms with Crippen LogP contribution in [0.3, 0.4) is 0 Å². The lowest BCUT2D eigenvalue weighted by molar-refractivity contribution is 0.215. The molecule has 0 radical (unpaired) electrons. The minimum atomic E-state index is -0.297. The number of rotatable bonds is 3. The highest BCUT2D eigenvalue weighted by Crippen LogP contribution is 2.29. The summed E-state index contributed by atoms with van der Waals surface area (Å²) >= 11 is 0. The predicted molar refractivity (Wildman–Crippen MR) is 72.9 cm³/mol. The molecule has 0 saturated heterocycles. The number of hydrogen-bond donors (Lipinski definition) is 1. The van der Waals surface area contributed by atoms with Crippen LogP contribution in [0.15, 0.2) is 6.33 Å². The molecule has 4 nitrogen and oxygen atoms in total. The minimum absolute atomic E-state index is 0.113. The van der Waals surface area contributed by atoms with Gasteiger partial charge < -0.3 is 10.0 Å². The Morgan fingerprint density at radius 1 is 1.22 bits per heavy atom. The van der Waals surface area contributed by atoms with Crippen molar-refractivity contribution in [1.29, 1.82) is 0 Å². The van der Waals surface area contributed by atoms with Crippen molar-refractivity contribution in [2.45, 2.75) is 51.5 Å². The maximum atomic E-state index is 9.50. The summed E-state index contributed by atoms with van der Waals surface area (Å²) in [4.78, 5) is 11.0. The van der Waals surface area contributed by atoms with Gasteiger partial charge in [0, 0.05) is 18.3 Å². The third-order valence-electron chi connectivity index (χ3n) is 3.96. The number of aliphatic hydroxyl groups excluding tert-OH is 1. The fourth-order valence-corrected chi connectivity index (χ4v) is 2.36. The number of fused-ring (bicyclic) bond motifs is 1. The number of nitrogens with zero attached hydrogens (tertiary/aromatic N) is 3. The van der Waals surface area contributed by atoms with Gasteiger partial charge in [-0.1, -0.05) is 6.42 Å². The van der Waals surface area contributed by atoms with E-state index < -0.39 is 0 Å². The quantitative estimate of drug-likeness (QED) is 0.832. The summed E-state index contributed by atoms with van der Waals surface area (Å²) in [7, 11) is 2.00. The first kappa shape index (κ1) is 13.3. The van der Waals surface area contributed by atoms with E-state index in [1.165, 1.54) is 30.5 Å². The van der Waals surface area contributed by atoms with Crippen molar-refractivity contribution in [3.05, 3.63) is 17.6 Å². The maximum absolute atomic E-state index is 9.50. The third kappa shape index (κ3) is 2.48. The zero-order valence-electron chi connectivity index (χ0n) is 11.6. The number of likely N-dealkylation sites (N-methyl/N-ethyl adjacent to an activating group) is 1. The van der Waals surface area contributed by atoms with Gasteiger partial charge >= 0.3 is 0 Å². The molecule has 0 unspecified atom stereocenters. The Labute approximate surface area is 109 Å². The van der Waals surface area contributed by atoms with Crippen molar-refractivity contribution in [3.8, 4) is 0 Å². The second-order valence-corrected chi connectivity index (χ2v) is 5.71. The predicted octanol–water partition coefficient (Wildman–Crippen LogP) is 1.95. The van der Waals surface area contributed by atoms with Crippen LogP contribution in [0.1, 0.15) is 44.4 Å². The van der Waals surface area contributed by atoms with Crippen LogP contribution in [-0.4, -0.2) is 34.3 Å². The van der Waals surface area contributed by atoms with Crippen LogP contribution in [0, 0.1) is 0 Å². The second kappa shape index (κ2) is 5.22. The lowest BCUT2D eigenvalue weighted by Gasteiger charge is -2.36. The van der Waals surface area contributed by atoms with Gasteiger partial charge in [0.15, 0.2) is 0 Å². The van der Waals surface area contributed by atoms with Crippen LogP contribution >= 0.6 is 0 Å². The Balaban J connectivity index is 2.39. The van der Waals surface area contributed by atoms with Gasteiger partial charge in [-0.05, 0) is 39.5 Å². The first-order valence-corrected chi connectivity index (χ1v) is 6.73. The molecule has 0 aliphatic heterocycles. The summed E-state index contributed by atoms with van der Waals surface area (Å²) in [6, 6.07) is 0. The number of anilines is 1. The molecule has 2 rings (SSSR count). The molecule has 18 heavy (non-hydrogen) atoms. The fourth-order valence-electron chi connectivity index (χ4n) is 2.36. The van der Waals surface area contributed by atoms with Gasteiger partial charge in [0.25, 0.3) is 0 Å². The minimum Gasteiger partial charge on any atom is -0.394 e. The SMILES string of the molecule is CN(c1ncnc2c1CCCCC2)C(C)(C)CO. The van der Waals surface area contributed by atoms with E-state index in [1.54, 1.807) is 6.33 Å². The van der Waals surface area contributed by atoms with E-state index in [1.807, 2.05) is 20.9 Å². The highest BCUT2D eigenvalue weighted by Gasteiger charge is 2.27. The summed E-state index contributed by atoms with van der Waals surface area (Å²) in [6.45, 7) is 4.17. The van der Waals surface area contributed by atoms with Crippen molar-refractivity contribution >= 4 is 5.82 Å². The van der Waals surface area contributed by atoms with Gasteiger partial charge in [-0.25, -0.2) is 9.97 Å². The van der Waals surface area contributed by atoms with Crippen LogP contribution in [0.4, 0.5) is 5.82 Å². The van der Waals surface area contributed by atoms with Crippen molar-refractivity contribution in [2.75, 3.05) is 18.6 Å². The molecule has 0 saturated carbocycles. The van der Waals surface area contributed by atoms with Crippen LogP contribution in [-0.2, 0) is 12.8 Å². The molecule has 0 spiro atoms. The Morgan fingerprint density at radius 3 is 2.67 bits per heavy atom. The lowest BCUT2D eigenvalue weighted by Crippen LogP contribution is -2.45. The van der Waals surface area contributed by atoms with E-state index in [-0.39, 0.29) is 12.1 Å². The van der Waals surface area contributed by atoms with Crippen LogP contribution < -0.4 is 4.90 Å². The molecule has 0 aromatic carbocycles. The summed E-state index contributed by atoms with van der Waals surface area (Å²) in [5.41, 5.74) is 2.17. The van der Waals surface area contributed by atoms with Gasteiger partial charge in [0.1, 0.15) is 12.1 Å². The molecule has 0 fully saturated rings. The molecule has 0 atom stereocenters. The van der Waals surface area contributed by atoms with Crippen molar-refractivity contribution in [2.24, 2.45) is 0 Å². The smallest absolute Gasteiger partial charge is 0.135 e. The number of aromatic nitrogens is 2. The Bertz CT molecular complexity index is 418. The molecule has 4 heteroatoms. The highest BCUT2D eigenvalue weighted by molar-refractivity contribution is 5.50. The average Bonchev–Trinajstić information content (AvgIpc) is 2.62. The summed E-state index contributed by atoms with van der Waals surface area (Å²) in [5, 5.41) is 9.50. The molecular formula is C14H23N3O. The average molecular weight is 249 g/mol. The Morgan fingerprint density at radius 2 is 1.94 bits per heavy atom. The first-order chi connectivity index (χ1) is 8.56. The molecule has 1 aliphatic carbocycles. The zero-order valence-corrected chi connectivity index (χ0v) is 11.6. The summed E-state index contributed by atoms with van der Waals surface area (Å²) in [6.07, 6.45) is 7.46. The monoisotopic (exact) mass is 249 g/mol. The zero-order chi connectivity index (χ0) is 13.2. The first-order valence-electron chi connectivity index (χ1n) is 6.73. The summed E-state index contributed by atoms with van der Waals surface area (Å²) in [5.74, 6) is 0.987. The van der Waals surface area contributed by atoms with E-state index >= 15 is 0 Å². The van der Waals surface area contributed by atoms with Gasteiger partial charge in [-0.3, -0.25) is 0 Å². The van der Waals surface area contributed by atoms with Crippen molar-refractivity contribution < 1.29 is 5.11 Å². The molecular weight excluding hydrogens is 226 g/mol. The molecule has 0 amide bonds. The van der Waals surface area contributed by atoms with E-state index in [9.17, 15) is 5.11 Å². The number of aryl methyl sites for hydroxylation is 1. The normalized spacial score (nSPS) is 16.0. The van der Waals surface area contributed by atoms with Gasteiger partial charge in [-0.15, -0.1) is 0 Å². The van der Waals surface area contributed by atoms with Crippen LogP contribution in [0.25, 0.3) is 0 Å². The Kier molecular flexibility index (Phi) is 3.85. The standard InChI is InChI=1S/C14H23N3O/c1-14(2,9-18)17(3)13-11-7-5-4-6-8-12(11)15-10-16-13/h10,18H,4-9H2,1-3H3. The fraction of sp³-hybridized carbons (Fsp3) is 0.714. The van der Waals surface area contributed by atoms with Gasteiger partial charge in [0.05, 0.1) is 12.1 Å². The molecule has 100 valence electrons. The topological polar surface area (TPSA) is 49.2 Å². The summed E-state index contributed by atoms with van der Waals surface area (Å²) < 4.78 is 0. The van der Waals surface area contributed by atoms with Crippen LogP contribution in [0.5, 0.6) is 0 Å². The van der Waals surface area contributed by atoms with E-state index in [4.69, 9.17) is 0 Å². The third-order valence-corrected chi connectivity index (χ3v) is 3.96. The Hall–Kier alpha value is -1.16. The molecule has 1 N–H and O–H groups in total. The maximum Gasteiger partial charge on any atom is 0.135 e. The molecule has 1 aromatic heterocycles. The van der Waals surface area contributed by atoms with E-state index in [0.717, 1.165) is 18.7 Å². The molecule has 1 aromatic rings. The highest BCUT2D eigenvalue weighted by atomic mass is 16.3. The van der Waals surface area contributed by atoms with Crippen molar-refractivity contribution in [3.63, 3.8) is 0 Å². The molecule has 0 bridgehead atoms. The van der Waals surface area contributed by atoms with E-state index in [0.29, 0.717) is 0 Å². The number of aliphatic hydroxyl groups is 1.